The fourth-order valence-electron chi connectivity index (χ4n) is 1.99. The second-order valence-corrected chi connectivity index (χ2v) is 5.76. The lowest BCUT2D eigenvalue weighted by molar-refractivity contribution is 0.355. The van der Waals surface area contributed by atoms with Crippen molar-refractivity contribution in [1.29, 1.82) is 0 Å². The summed E-state index contributed by atoms with van der Waals surface area (Å²) in [4.78, 5) is 0. The Bertz CT molecular complexity index is 364. The molecule has 0 N–H and O–H groups in total. The van der Waals surface area contributed by atoms with Crippen molar-refractivity contribution in [2.24, 2.45) is 0 Å². The molecule has 0 fully saturated rings. The molecule has 0 bridgehead atoms. The van der Waals surface area contributed by atoms with Gasteiger partial charge in [-0.1, -0.05) is 74.1 Å². The molecular weight excluding hydrogens is 299 g/mol. The molecule has 0 saturated carbocycles. The van der Waals surface area contributed by atoms with Crippen molar-refractivity contribution in [3.63, 3.8) is 0 Å². The van der Waals surface area contributed by atoms with Gasteiger partial charge in [0.25, 0.3) is 0 Å². The van der Waals surface area contributed by atoms with Gasteiger partial charge < -0.3 is 4.52 Å². The lowest BCUT2D eigenvalue weighted by atomic mass is 10.2. The maximum atomic E-state index is 4.95. The fraction of sp³-hybridized carbons (Fsp3) is 0.524. The number of rotatable bonds is 15. The van der Waals surface area contributed by atoms with E-state index >= 15 is 0 Å². The van der Waals surface area contributed by atoms with Gasteiger partial charge >= 0.3 is 0 Å². The highest BCUT2D eigenvalue weighted by atomic mass is 31.0. The minimum Gasteiger partial charge on any atom is -0.366 e. The molecule has 0 radical (unpaired) electrons. The van der Waals surface area contributed by atoms with Gasteiger partial charge in [0.15, 0.2) is 0 Å². The molecule has 1 atom stereocenters. The van der Waals surface area contributed by atoms with Gasteiger partial charge in [-0.05, 0) is 51.4 Å². The fourth-order valence-corrected chi connectivity index (χ4v) is 2.16. The zero-order valence-electron chi connectivity index (χ0n) is 14.8. The molecule has 0 rings (SSSR count). The zero-order chi connectivity index (χ0) is 16.8. The summed E-state index contributed by atoms with van der Waals surface area (Å²) in [6.07, 6.45) is 32.6. The van der Waals surface area contributed by atoms with Gasteiger partial charge in [-0.25, -0.2) is 0 Å². The van der Waals surface area contributed by atoms with Crippen LogP contribution in [0, 0.1) is 0 Å². The number of unbranched alkanes of at least 4 members (excludes halogenated alkanes) is 3. The molecule has 0 spiro atoms. The van der Waals surface area contributed by atoms with Crippen molar-refractivity contribution in [3.8, 4) is 0 Å². The first kappa shape index (κ1) is 22.1. The third-order valence-corrected chi connectivity index (χ3v) is 3.53. The Morgan fingerprint density at radius 3 is 1.57 bits per heavy atom. The van der Waals surface area contributed by atoms with Crippen molar-refractivity contribution in [2.75, 3.05) is 6.61 Å². The van der Waals surface area contributed by atoms with Gasteiger partial charge in [0.2, 0.25) is 0 Å². The van der Waals surface area contributed by atoms with Gasteiger partial charge in [0, 0.05) is 9.47 Å². The van der Waals surface area contributed by atoms with Crippen LogP contribution in [0.2, 0.25) is 0 Å². The largest absolute Gasteiger partial charge is 0.366 e. The van der Waals surface area contributed by atoms with E-state index in [1.807, 2.05) is 0 Å². The highest BCUT2D eigenvalue weighted by Gasteiger charge is 1.86. The van der Waals surface area contributed by atoms with E-state index in [-0.39, 0.29) is 0 Å². The van der Waals surface area contributed by atoms with E-state index in [1.165, 1.54) is 19.3 Å². The van der Waals surface area contributed by atoms with E-state index in [2.05, 4.69) is 77.2 Å². The second-order valence-electron chi connectivity index (χ2n) is 5.43. The third kappa shape index (κ3) is 21.1. The van der Waals surface area contributed by atoms with Crippen molar-refractivity contribution in [1.82, 2.24) is 0 Å². The number of allylic oxidation sites excluding steroid dienone is 10. The molecule has 0 saturated heterocycles. The summed E-state index contributed by atoms with van der Waals surface area (Å²) in [6.45, 7) is 3.02. The molecule has 23 heavy (non-hydrogen) atoms. The molecule has 1 nitrogen and oxygen atoms in total. The maximum Gasteiger partial charge on any atom is 0.0501 e. The molecule has 130 valence electrons. The second kappa shape index (κ2) is 21.1. The average Bonchev–Trinajstić information content (AvgIpc) is 2.57. The Hall–Kier alpha value is -0.910. The van der Waals surface area contributed by atoms with Crippen LogP contribution in [0.5, 0.6) is 0 Å². The predicted molar refractivity (Wildman–Crippen MR) is 109 cm³/mol. The van der Waals surface area contributed by atoms with Crippen LogP contribution < -0.4 is 0 Å². The lowest BCUT2D eigenvalue weighted by Crippen LogP contribution is -1.83. The van der Waals surface area contributed by atoms with E-state index in [1.54, 1.807) is 0 Å². The SMILES string of the molecule is CC/C=C\C/C=C\C/C=C\C/C=C\C/C=C\CCCCCOP. The first-order valence-corrected chi connectivity index (χ1v) is 9.45. The average molecular weight is 334 g/mol. The molecule has 0 aliphatic rings. The predicted octanol–water partition coefficient (Wildman–Crippen LogP) is 7.10. The number of hydrogen-bond donors (Lipinski definition) is 0. The van der Waals surface area contributed by atoms with Gasteiger partial charge in [-0.2, -0.15) is 0 Å². The van der Waals surface area contributed by atoms with E-state index in [0.717, 1.165) is 45.1 Å². The van der Waals surface area contributed by atoms with Crippen molar-refractivity contribution < 1.29 is 4.52 Å². The summed E-state index contributed by atoms with van der Waals surface area (Å²) >= 11 is 0. The first-order chi connectivity index (χ1) is 11.4. The Balaban J connectivity index is 3.39. The summed E-state index contributed by atoms with van der Waals surface area (Å²) < 4.78 is 4.95. The van der Waals surface area contributed by atoms with Crippen LogP contribution in [0.25, 0.3) is 0 Å². The summed E-state index contributed by atoms with van der Waals surface area (Å²) in [6, 6.07) is 0. The van der Waals surface area contributed by atoms with Crippen LogP contribution in [0.1, 0.15) is 64.7 Å². The van der Waals surface area contributed by atoms with E-state index in [4.69, 9.17) is 4.52 Å². The van der Waals surface area contributed by atoms with Crippen molar-refractivity contribution in [2.45, 2.75) is 64.7 Å². The first-order valence-electron chi connectivity index (χ1n) is 8.98. The van der Waals surface area contributed by atoms with Gasteiger partial charge in [-0.3, -0.25) is 0 Å². The Morgan fingerprint density at radius 1 is 0.609 bits per heavy atom. The van der Waals surface area contributed by atoms with Crippen LogP contribution in [-0.2, 0) is 4.52 Å². The van der Waals surface area contributed by atoms with Crippen LogP contribution in [0.15, 0.2) is 60.8 Å². The van der Waals surface area contributed by atoms with Crippen LogP contribution in [0.3, 0.4) is 0 Å². The Kier molecular flexibility index (Phi) is 20.3. The zero-order valence-corrected chi connectivity index (χ0v) is 16.0. The standard InChI is InChI=1S/C21H35OP/c1-2-3-4-5-6-7-8-9-10-11-12-13-14-15-16-17-18-19-20-21-22-23/h3-4,6-7,9-10,12-13,15-16H,2,5,8,11,14,17-21,23H2,1H3/b4-3-,7-6-,10-9-,13-12-,16-15-. The van der Waals surface area contributed by atoms with Gasteiger partial charge in [-0.15, -0.1) is 0 Å². The minimum absolute atomic E-state index is 0.857. The number of hydrogen-bond acceptors (Lipinski definition) is 1. The molecule has 0 aliphatic carbocycles. The molecule has 0 aliphatic heterocycles. The summed E-state index contributed by atoms with van der Waals surface area (Å²) in [5.41, 5.74) is 0. The molecule has 0 aromatic rings. The van der Waals surface area contributed by atoms with Crippen LogP contribution in [-0.4, -0.2) is 6.61 Å². The maximum absolute atomic E-state index is 4.95. The van der Waals surface area contributed by atoms with E-state index in [9.17, 15) is 0 Å². The molecule has 2 heteroatoms. The Labute approximate surface area is 146 Å². The molecule has 0 amide bonds. The highest BCUT2D eigenvalue weighted by molar-refractivity contribution is 7.09. The van der Waals surface area contributed by atoms with E-state index in [0.29, 0.717) is 0 Å². The Morgan fingerprint density at radius 2 is 1.09 bits per heavy atom. The van der Waals surface area contributed by atoms with E-state index < -0.39 is 0 Å². The molecule has 0 aromatic carbocycles. The normalized spacial score (nSPS) is 13.0. The van der Waals surface area contributed by atoms with Crippen molar-refractivity contribution >= 4 is 9.47 Å². The molecule has 0 heterocycles. The van der Waals surface area contributed by atoms with Gasteiger partial charge in [0.05, 0.1) is 6.61 Å². The monoisotopic (exact) mass is 334 g/mol. The molecule has 1 unspecified atom stereocenters. The summed E-state index contributed by atoms with van der Waals surface area (Å²) in [5, 5.41) is 0. The highest BCUT2D eigenvalue weighted by Crippen LogP contribution is 2.03. The third-order valence-electron chi connectivity index (χ3n) is 3.29. The van der Waals surface area contributed by atoms with Crippen LogP contribution in [0.4, 0.5) is 0 Å². The molecule has 0 aromatic heterocycles. The lowest BCUT2D eigenvalue weighted by Gasteiger charge is -1.96. The smallest absolute Gasteiger partial charge is 0.0501 e. The summed E-state index contributed by atoms with van der Waals surface area (Å²) in [7, 11) is 2.30. The molecular formula is C21H35OP. The topological polar surface area (TPSA) is 9.23 Å². The van der Waals surface area contributed by atoms with Crippen molar-refractivity contribution in [3.05, 3.63) is 60.8 Å². The van der Waals surface area contributed by atoms with Gasteiger partial charge in [0.1, 0.15) is 0 Å². The minimum atomic E-state index is 0.857. The van der Waals surface area contributed by atoms with Crippen LogP contribution >= 0.6 is 9.47 Å². The quantitative estimate of drug-likeness (QED) is 0.176. The summed E-state index contributed by atoms with van der Waals surface area (Å²) in [5.74, 6) is 0.